The normalized spacial score (nSPS) is 14.3. The van der Waals surface area contributed by atoms with Gasteiger partial charge in [-0.2, -0.15) is 0 Å². The molecule has 0 aliphatic rings. The van der Waals surface area contributed by atoms with Crippen molar-refractivity contribution < 1.29 is 13.2 Å². The Labute approximate surface area is 150 Å². The maximum absolute atomic E-state index is 12.7. The third-order valence-corrected chi connectivity index (χ3v) is 5.70. The number of nitrogens with zero attached hydrogens (tertiary/aromatic N) is 1. The van der Waals surface area contributed by atoms with E-state index in [1.807, 2.05) is 27.7 Å². The van der Waals surface area contributed by atoms with Crippen LogP contribution in [-0.4, -0.2) is 32.7 Å². The summed E-state index contributed by atoms with van der Waals surface area (Å²) in [6, 6.07) is 4.13. The Morgan fingerprint density at radius 2 is 1.88 bits per heavy atom. The highest BCUT2D eigenvalue weighted by atomic mass is 35.5. The summed E-state index contributed by atoms with van der Waals surface area (Å²) in [7, 11) is -3.65. The molecule has 0 fully saturated rings. The summed E-state index contributed by atoms with van der Waals surface area (Å²) < 4.78 is 25.9. The van der Waals surface area contributed by atoms with Crippen molar-refractivity contribution in [3.8, 4) is 0 Å². The summed E-state index contributed by atoms with van der Waals surface area (Å²) >= 11 is 6.14. The Hall–Kier alpha value is -1.27. The fourth-order valence-electron chi connectivity index (χ4n) is 2.27. The van der Waals surface area contributed by atoms with Gasteiger partial charge in [0.15, 0.2) is 0 Å². The van der Waals surface area contributed by atoms with Gasteiger partial charge in [-0.25, -0.2) is 8.42 Å². The third kappa shape index (κ3) is 5.11. The van der Waals surface area contributed by atoms with Crippen LogP contribution in [0, 0.1) is 12.8 Å². The van der Waals surface area contributed by atoms with Crippen LogP contribution in [-0.2, 0) is 14.8 Å². The molecule has 7 heteroatoms. The van der Waals surface area contributed by atoms with E-state index >= 15 is 0 Å². The summed E-state index contributed by atoms with van der Waals surface area (Å²) in [5.41, 5.74) is 1.24. The highest BCUT2D eigenvalue weighted by Crippen LogP contribution is 2.27. The van der Waals surface area contributed by atoms with E-state index in [1.165, 1.54) is 0 Å². The topological polar surface area (TPSA) is 66.5 Å². The highest BCUT2D eigenvalue weighted by Gasteiger charge is 2.32. The fourth-order valence-corrected chi connectivity index (χ4v) is 3.64. The number of aryl methyl sites for hydroxylation is 1. The molecular weight excluding hydrogens is 348 g/mol. The number of benzene rings is 1. The van der Waals surface area contributed by atoms with Crippen molar-refractivity contribution in [1.82, 2.24) is 5.32 Å². The monoisotopic (exact) mass is 374 g/mol. The number of nitrogens with one attached hydrogen (secondary N) is 1. The zero-order chi connectivity index (χ0) is 18.7. The van der Waals surface area contributed by atoms with Crippen LogP contribution in [0.5, 0.6) is 0 Å². The van der Waals surface area contributed by atoms with Gasteiger partial charge in [-0.1, -0.05) is 38.4 Å². The molecule has 2 unspecified atom stereocenters. The molecule has 0 saturated carbocycles. The van der Waals surface area contributed by atoms with E-state index in [4.69, 9.17) is 11.6 Å². The van der Waals surface area contributed by atoms with Crippen LogP contribution >= 0.6 is 11.6 Å². The van der Waals surface area contributed by atoms with Crippen molar-refractivity contribution in [2.45, 2.75) is 53.1 Å². The van der Waals surface area contributed by atoms with Crippen molar-refractivity contribution in [1.29, 1.82) is 0 Å². The molecule has 136 valence electrons. The Balaban J connectivity index is 3.27. The van der Waals surface area contributed by atoms with Gasteiger partial charge >= 0.3 is 0 Å². The zero-order valence-corrected chi connectivity index (χ0v) is 16.7. The molecule has 0 aromatic heterocycles. The average molecular weight is 375 g/mol. The zero-order valence-electron chi connectivity index (χ0n) is 15.1. The van der Waals surface area contributed by atoms with Gasteiger partial charge in [0.25, 0.3) is 0 Å². The molecule has 0 aliphatic carbocycles. The minimum Gasteiger partial charge on any atom is -0.352 e. The molecule has 0 aliphatic heterocycles. The standard InChI is InChI=1S/C17H27ClN2O3S/c1-7-16(17(21)19-13(5)11(2)3)20(24(6,22)23)14-9-8-12(4)15(18)10-14/h8-11,13,16H,7H2,1-6H3,(H,19,21). The number of hydrogen-bond donors (Lipinski definition) is 1. The summed E-state index contributed by atoms with van der Waals surface area (Å²) in [4.78, 5) is 12.7. The van der Waals surface area contributed by atoms with Gasteiger partial charge in [-0.15, -0.1) is 0 Å². The highest BCUT2D eigenvalue weighted by molar-refractivity contribution is 7.92. The van der Waals surface area contributed by atoms with Gasteiger partial charge in [0.2, 0.25) is 15.9 Å². The van der Waals surface area contributed by atoms with Gasteiger partial charge in [0.1, 0.15) is 6.04 Å². The molecule has 1 aromatic rings. The van der Waals surface area contributed by atoms with Crippen LogP contribution in [0.2, 0.25) is 5.02 Å². The predicted molar refractivity (Wildman–Crippen MR) is 100 cm³/mol. The van der Waals surface area contributed by atoms with Crippen LogP contribution in [0.3, 0.4) is 0 Å². The second-order valence-electron chi connectivity index (χ2n) is 6.46. The average Bonchev–Trinajstić information content (AvgIpc) is 2.46. The number of hydrogen-bond acceptors (Lipinski definition) is 3. The number of carbonyl (C=O) groups is 1. The van der Waals surface area contributed by atoms with Crippen molar-refractivity contribution in [2.24, 2.45) is 5.92 Å². The number of rotatable bonds is 7. The molecule has 1 aromatic carbocycles. The summed E-state index contributed by atoms with van der Waals surface area (Å²) in [5, 5.41) is 3.37. The van der Waals surface area contributed by atoms with E-state index in [0.717, 1.165) is 16.1 Å². The lowest BCUT2D eigenvalue weighted by Gasteiger charge is -2.31. The van der Waals surface area contributed by atoms with E-state index in [2.05, 4.69) is 5.32 Å². The molecule has 24 heavy (non-hydrogen) atoms. The molecule has 1 amide bonds. The molecule has 1 rings (SSSR count). The van der Waals surface area contributed by atoms with E-state index in [0.29, 0.717) is 17.1 Å². The lowest BCUT2D eigenvalue weighted by Crippen LogP contribution is -2.52. The molecule has 0 heterocycles. The summed E-state index contributed by atoms with van der Waals surface area (Å²) in [5.74, 6) is -0.0484. The lowest BCUT2D eigenvalue weighted by molar-refractivity contribution is -0.123. The SMILES string of the molecule is CCC(C(=O)NC(C)C(C)C)N(c1ccc(C)c(Cl)c1)S(C)(=O)=O. The first-order valence-corrected chi connectivity index (χ1v) is 10.3. The van der Waals surface area contributed by atoms with Crippen molar-refractivity contribution in [3.05, 3.63) is 28.8 Å². The van der Waals surface area contributed by atoms with Crippen LogP contribution in [0.4, 0.5) is 5.69 Å². The molecule has 0 bridgehead atoms. The Kier molecular flexibility index (Phi) is 7.10. The Morgan fingerprint density at radius 1 is 1.29 bits per heavy atom. The van der Waals surface area contributed by atoms with Crippen molar-refractivity contribution in [2.75, 3.05) is 10.6 Å². The fraction of sp³-hybridized carbons (Fsp3) is 0.588. The molecular formula is C17H27ClN2O3S. The first-order valence-electron chi connectivity index (χ1n) is 8.05. The third-order valence-electron chi connectivity index (χ3n) is 4.11. The lowest BCUT2D eigenvalue weighted by atomic mass is 10.1. The molecule has 5 nitrogen and oxygen atoms in total. The van der Waals surface area contributed by atoms with Gasteiger partial charge in [0, 0.05) is 11.1 Å². The second kappa shape index (κ2) is 8.21. The minimum absolute atomic E-state index is 0.0467. The summed E-state index contributed by atoms with van der Waals surface area (Å²) in [6.07, 6.45) is 1.46. The number of anilines is 1. The quantitative estimate of drug-likeness (QED) is 0.795. The molecule has 0 spiro atoms. The van der Waals surface area contributed by atoms with Crippen LogP contribution < -0.4 is 9.62 Å². The number of halogens is 1. The van der Waals surface area contributed by atoms with Crippen molar-refractivity contribution >= 4 is 33.2 Å². The second-order valence-corrected chi connectivity index (χ2v) is 8.72. The van der Waals surface area contributed by atoms with Crippen LogP contribution in [0.15, 0.2) is 18.2 Å². The van der Waals surface area contributed by atoms with Gasteiger partial charge in [-0.05, 0) is 43.9 Å². The molecule has 1 N–H and O–H groups in total. The Bertz CT molecular complexity index is 689. The molecule has 0 radical (unpaired) electrons. The van der Waals surface area contributed by atoms with Crippen molar-refractivity contribution in [3.63, 3.8) is 0 Å². The van der Waals surface area contributed by atoms with Crippen LogP contribution in [0.25, 0.3) is 0 Å². The van der Waals surface area contributed by atoms with E-state index in [1.54, 1.807) is 25.1 Å². The number of carbonyl (C=O) groups excluding carboxylic acids is 1. The Morgan fingerprint density at radius 3 is 2.29 bits per heavy atom. The van der Waals surface area contributed by atoms with E-state index < -0.39 is 16.1 Å². The maximum Gasteiger partial charge on any atom is 0.244 e. The first kappa shape index (κ1) is 20.8. The van der Waals surface area contributed by atoms with E-state index in [-0.39, 0.29) is 17.9 Å². The minimum atomic E-state index is -3.65. The number of sulfonamides is 1. The van der Waals surface area contributed by atoms with Gasteiger partial charge < -0.3 is 5.32 Å². The largest absolute Gasteiger partial charge is 0.352 e. The summed E-state index contributed by atoms with van der Waals surface area (Å²) in [6.45, 7) is 9.53. The molecule has 0 saturated heterocycles. The van der Waals surface area contributed by atoms with Crippen LogP contribution in [0.1, 0.15) is 39.7 Å². The van der Waals surface area contributed by atoms with Gasteiger partial charge in [0.05, 0.1) is 11.9 Å². The maximum atomic E-state index is 12.7. The van der Waals surface area contributed by atoms with E-state index in [9.17, 15) is 13.2 Å². The number of amides is 1. The predicted octanol–water partition coefficient (Wildman–Crippen LogP) is 3.35. The van der Waals surface area contributed by atoms with Gasteiger partial charge in [-0.3, -0.25) is 9.10 Å². The first-order chi connectivity index (χ1) is 11.0. The smallest absolute Gasteiger partial charge is 0.244 e. The molecule has 2 atom stereocenters.